The Morgan fingerprint density at radius 3 is 1.35 bits per heavy atom. The van der Waals surface area contributed by atoms with Crippen molar-refractivity contribution < 1.29 is 0 Å². The van der Waals surface area contributed by atoms with Crippen LogP contribution in [0.15, 0.2) is 170 Å². The molecule has 0 spiro atoms. The lowest BCUT2D eigenvalue weighted by Crippen LogP contribution is -2.14. The maximum absolute atomic E-state index is 5.44. The summed E-state index contributed by atoms with van der Waals surface area (Å²) < 4.78 is 4.89. The van der Waals surface area contributed by atoms with E-state index in [2.05, 4.69) is 214 Å². The van der Waals surface area contributed by atoms with E-state index >= 15 is 0 Å². The molecule has 1 aliphatic rings. The predicted molar refractivity (Wildman–Crippen MR) is 264 cm³/mol. The Morgan fingerprint density at radius 2 is 0.825 bits per heavy atom. The van der Waals surface area contributed by atoms with Gasteiger partial charge >= 0.3 is 0 Å². The van der Waals surface area contributed by atoms with Gasteiger partial charge in [-0.15, -0.1) is 0 Å². The van der Waals surface area contributed by atoms with E-state index in [-0.39, 0.29) is 5.41 Å². The lowest BCUT2D eigenvalue weighted by atomic mass is 9.82. The summed E-state index contributed by atoms with van der Waals surface area (Å²) in [5, 5.41) is 5.00. The summed E-state index contributed by atoms with van der Waals surface area (Å²) in [6.45, 7) is 13.4. The van der Waals surface area contributed by atoms with Crippen LogP contribution in [0.2, 0.25) is 0 Å². The van der Waals surface area contributed by atoms with E-state index in [1.165, 1.54) is 88.1 Å². The molecule has 3 heterocycles. The van der Waals surface area contributed by atoms with E-state index in [4.69, 9.17) is 9.97 Å². The second-order valence-corrected chi connectivity index (χ2v) is 18.3. The lowest BCUT2D eigenvalue weighted by molar-refractivity contribution is 0.660. The zero-order valence-electron chi connectivity index (χ0n) is 36.5. The molecule has 3 aromatic heterocycles. The van der Waals surface area contributed by atoms with Crippen LogP contribution in [0.5, 0.6) is 0 Å². The first-order chi connectivity index (χ1) is 30.6. The number of benzene rings is 8. The van der Waals surface area contributed by atoms with E-state index in [0.29, 0.717) is 5.82 Å². The second kappa shape index (κ2) is 13.7. The number of aryl methyl sites for hydroxylation is 4. The van der Waals surface area contributed by atoms with Gasteiger partial charge in [-0.1, -0.05) is 127 Å². The third-order valence-electron chi connectivity index (χ3n) is 13.5. The normalized spacial score (nSPS) is 13.0. The van der Waals surface area contributed by atoms with Gasteiger partial charge in [-0.3, -0.25) is 0 Å². The summed E-state index contributed by atoms with van der Waals surface area (Å²) in [5.41, 5.74) is 21.8. The van der Waals surface area contributed by atoms with Gasteiger partial charge < -0.3 is 9.13 Å². The highest BCUT2D eigenvalue weighted by Crippen LogP contribution is 2.50. The van der Waals surface area contributed by atoms with E-state index in [1.54, 1.807) is 0 Å². The van der Waals surface area contributed by atoms with E-state index < -0.39 is 0 Å². The minimum atomic E-state index is -0.137. The van der Waals surface area contributed by atoms with Crippen molar-refractivity contribution in [2.75, 3.05) is 0 Å². The van der Waals surface area contributed by atoms with Gasteiger partial charge in [0.25, 0.3) is 0 Å². The Labute approximate surface area is 367 Å². The Hall–Kier alpha value is -7.56. The highest BCUT2D eigenvalue weighted by atomic mass is 15.0. The summed E-state index contributed by atoms with van der Waals surface area (Å²) >= 11 is 0. The molecular weight excluding hydrogens is 765 g/mol. The topological polar surface area (TPSA) is 35.6 Å². The summed E-state index contributed by atoms with van der Waals surface area (Å²) in [6.07, 6.45) is 0. The average molecular weight is 811 g/mol. The van der Waals surface area contributed by atoms with Gasteiger partial charge in [-0.2, -0.15) is 0 Å². The number of hydrogen-bond acceptors (Lipinski definition) is 2. The van der Waals surface area contributed by atoms with Gasteiger partial charge in [0.15, 0.2) is 5.82 Å². The van der Waals surface area contributed by atoms with Crippen LogP contribution >= 0.6 is 0 Å². The fourth-order valence-corrected chi connectivity index (χ4v) is 10.4. The molecule has 0 bridgehead atoms. The van der Waals surface area contributed by atoms with Crippen LogP contribution in [-0.4, -0.2) is 19.1 Å². The third kappa shape index (κ3) is 5.82. The molecule has 63 heavy (non-hydrogen) atoms. The van der Waals surface area contributed by atoms with Crippen molar-refractivity contribution in [2.45, 2.75) is 47.0 Å². The molecule has 0 fully saturated rings. The van der Waals surface area contributed by atoms with Crippen molar-refractivity contribution in [2.24, 2.45) is 0 Å². The third-order valence-corrected chi connectivity index (χ3v) is 13.5. The second-order valence-electron chi connectivity index (χ2n) is 18.3. The maximum Gasteiger partial charge on any atom is 0.160 e. The van der Waals surface area contributed by atoms with Crippen LogP contribution in [0, 0.1) is 27.7 Å². The van der Waals surface area contributed by atoms with Crippen molar-refractivity contribution >= 4 is 43.6 Å². The average Bonchev–Trinajstić information content (AvgIpc) is 3.87. The van der Waals surface area contributed by atoms with Crippen molar-refractivity contribution in [1.29, 1.82) is 0 Å². The van der Waals surface area contributed by atoms with Gasteiger partial charge in [0, 0.05) is 55.0 Å². The molecular formula is C59H46N4. The molecule has 0 N–H and O–H groups in total. The molecule has 0 saturated carbocycles. The summed E-state index contributed by atoms with van der Waals surface area (Å²) in [6, 6.07) is 62.7. The molecule has 0 radical (unpaired) electrons. The Bertz CT molecular complexity index is 3430. The smallest absolute Gasteiger partial charge is 0.160 e. The fraction of sp³-hybridized carbons (Fsp3) is 0.119. The molecule has 0 amide bonds. The molecule has 0 aliphatic heterocycles. The van der Waals surface area contributed by atoms with Crippen LogP contribution in [0.3, 0.4) is 0 Å². The van der Waals surface area contributed by atoms with Gasteiger partial charge in [0.05, 0.1) is 33.5 Å². The molecule has 0 atom stereocenters. The first-order valence-corrected chi connectivity index (χ1v) is 22.0. The number of rotatable bonds is 5. The Morgan fingerprint density at radius 1 is 0.365 bits per heavy atom. The molecule has 302 valence electrons. The van der Waals surface area contributed by atoms with Crippen molar-refractivity contribution in [3.05, 3.63) is 203 Å². The molecule has 1 aliphatic carbocycles. The van der Waals surface area contributed by atoms with Gasteiger partial charge in [0.1, 0.15) is 0 Å². The van der Waals surface area contributed by atoms with Crippen LogP contribution in [0.25, 0.3) is 100 Å². The summed E-state index contributed by atoms with van der Waals surface area (Å²) in [5.74, 6) is 0.698. The summed E-state index contributed by atoms with van der Waals surface area (Å²) in [4.78, 5) is 10.8. The van der Waals surface area contributed by atoms with Crippen LogP contribution in [-0.2, 0) is 5.41 Å². The Balaban J connectivity index is 1.15. The van der Waals surface area contributed by atoms with E-state index in [0.717, 1.165) is 39.5 Å². The molecule has 4 nitrogen and oxygen atoms in total. The number of nitrogens with zero attached hydrogens (tertiary/aromatic N) is 4. The van der Waals surface area contributed by atoms with Gasteiger partial charge in [0.2, 0.25) is 0 Å². The van der Waals surface area contributed by atoms with E-state index in [9.17, 15) is 0 Å². The van der Waals surface area contributed by atoms with Crippen LogP contribution in [0.4, 0.5) is 0 Å². The number of fused-ring (bicyclic) bond motifs is 9. The highest BCUT2D eigenvalue weighted by molar-refractivity contribution is 6.11. The maximum atomic E-state index is 5.44. The monoisotopic (exact) mass is 810 g/mol. The minimum Gasteiger partial charge on any atom is -0.309 e. The highest BCUT2D eigenvalue weighted by Gasteiger charge is 2.35. The lowest BCUT2D eigenvalue weighted by Gasteiger charge is -2.22. The fourth-order valence-electron chi connectivity index (χ4n) is 10.4. The first kappa shape index (κ1) is 37.2. The van der Waals surface area contributed by atoms with Crippen molar-refractivity contribution in [3.63, 3.8) is 0 Å². The Kier molecular flexibility index (Phi) is 8.11. The summed E-state index contributed by atoms with van der Waals surface area (Å²) in [7, 11) is 0. The number of aromatic nitrogens is 4. The quantitative estimate of drug-likeness (QED) is 0.174. The van der Waals surface area contributed by atoms with Crippen LogP contribution in [0.1, 0.15) is 47.2 Å². The first-order valence-electron chi connectivity index (χ1n) is 22.0. The minimum absolute atomic E-state index is 0.137. The van der Waals surface area contributed by atoms with Gasteiger partial charge in [-0.05, 0) is 129 Å². The molecule has 0 saturated heterocycles. The molecule has 8 aromatic carbocycles. The number of hydrogen-bond donors (Lipinski definition) is 0. The van der Waals surface area contributed by atoms with Crippen LogP contribution < -0.4 is 0 Å². The predicted octanol–water partition coefficient (Wildman–Crippen LogP) is 15.2. The zero-order valence-corrected chi connectivity index (χ0v) is 36.5. The molecule has 12 rings (SSSR count). The zero-order chi connectivity index (χ0) is 42.7. The molecule has 11 aromatic rings. The van der Waals surface area contributed by atoms with Crippen molar-refractivity contribution in [3.8, 4) is 56.4 Å². The SMILES string of the molecule is Cc1ccc2c(c1)c1cc(C)ccc1n2-c1cc(-c2cc(-c3ccc4c(c3)C(C)(C)c3ccccc3-4)nc(-c3ccccc3)n2)cc(-n2c3ccc(C)cc3c3cc(C)ccc32)c1. The standard InChI is InChI=1S/C59H46N4/c1-35-16-22-54-46(26-35)47-27-36(2)17-23-55(47)62(54)42-30-41(31-43(33-42)63-56-24-18-37(3)28-48(56)49-29-38(4)19-25-57(49)63)53-34-52(60-58(61-53)39-12-8-7-9-13-39)40-20-21-45-44-14-10-11-15-50(44)59(5,6)51(45)32-40/h7-34H,1-6H3. The largest absolute Gasteiger partial charge is 0.309 e. The van der Waals surface area contributed by atoms with Crippen molar-refractivity contribution in [1.82, 2.24) is 19.1 Å². The van der Waals surface area contributed by atoms with E-state index in [1.807, 2.05) is 6.07 Å². The van der Waals surface area contributed by atoms with Gasteiger partial charge in [-0.25, -0.2) is 9.97 Å². The molecule has 0 unspecified atom stereocenters. The molecule has 4 heteroatoms.